The number of carbonyl (C=O) groups excluding carboxylic acids is 1. The van der Waals surface area contributed by atoms with Gasteiger partial charge in [-0.2, -0.15) is 4.31 Å². The van der Waals surface area contributed by atoms with Gasteiger partial charge in [0.2, 0.25) is 10.0 Å². The third-order valence-corrected chi connectivity index (χ3v) is 6.94. The second kappa shape index (κ2) is 10.5. The summed E-state index contributed by atoms with van der Waals surface area (Å²) in [6.45, 7) is 5.96. The molecule has 1 saturated heterocycles. The van der Waals surface area contributed by atoms with Crippen molar-refractivity contribution < 1.29 is 22.7 Å². The second-order valence-electron chi connectivity index (χ2n) is 6.82. The van der Waals surface area contributed by atoms with Crippen molar-refractivity contribution in [3.63, 3.8) is 0 Å². The van der Waals surface area contributed by atoms with E-state index in [2.05, 4.69) is 10.3 Å². The van der Waals surface area contributed by atoms with E-state index in [1.807, 2.05) is 13.8 Å². The van der Waals surface area contributed by atoms with Gasteiger partial charge in [-0.05, 0) is 38.1 Å². The Morgan fingerprint density at radius 2 is 1.71 bits per heavy atom. The average molecular weight is 472 g/mol. The lowest BCUT2D eigenvalue weighted by Gasteiger charge is -2.33. The van der Waals surface area contributed by atoms with Crippen LogP contribution in [0, 0.1) is 0 Å². The van der Waals surface area contributed by atoms with Crippen LogP contribution in [0.2, 0.25) is 5.02 Å². The van der Waals surface area contributed by atoms with E-state index < -0.39 is 16.3 Å². The highest BCUT2D eigenvalue weighted by Gasteiger charge is 2.31. The van der Waals surface area contributed by atoms with Crippen molar-refractivity contribution in [2.45, 2.75) is 31.6 Å². The Labute approximate surface area is 186 Å². The van der Waals surface area contributed by atoms with Crippen LogP contribution in [0.15, 0.2) is 35.4 Å². The SMILES string of the molecule is CCOC(Cn1cc(C(=O)N2CCN(S(=O)(=O)c3ccc(Cl)cc3)CC2)nn1)OCC. The molecule has 2 aromatic rings. The predicted octanol–water partition coefficient (Wildman–Crippen LogP) is 1.48. The first-order chi connectivity index (χ1) is 14.8. The molecule has 12 heteroatoms. The van der Waals surface area contributed by atoms with Crippen molar-refractivity contribution in [1.82, 2.24) is 24.2 Å². The van der Waals surface area contributed by atoms with E-state index in [1.165, 1.54) is 21.1 Å². The minimum atomic E-state index is -3.64. The standard InChI is InChI=1S/C19H26ClN5O5S/c1-3-29-18(30-4-2)14-24-13-17(21-22-24)19(26)23-9-11-25(12-10-23)31(27,28)16-7-5-15(20)6-8-16/h5-8,13,18H,3-4,9-12,14H2,1-2H3. The fourth-order valence-electron chi connectivity index (χ4n) is 3.21. The maximum Gasteiger partial charge on any atom is 0.276 e. The summed E-state index contributed by atoms with van der Waals surface area (Å²) in [6, 6.07) is 6.04. The van der Waals surface area contributed by atoms with Gasteiger partial charge >= 0.3 is 0 Å². The molecule has 10 nitrogen and oxygen atoms in total. The molecule has 2 heterocycles. The highest BCUT2D eigenvalue weighted by atomic mass is 35.5. The first-order valence-corrected chi connectivity index (χ1v) is 11.8. The van der Waals surface area contributed by atoms with Gasteiger partial charge in [-0.3, -0.25) is 4.79 Å². The number of carbonyl (C=O) groups is 1. The molecule has 1 aromatic carbocycles. The molecule has 1 aromatic heterocycles. The highest BCUT2D eigenvalue weighted by molar-refractivity contribution is 7.89. The molecule has 0 radical (unpaired) electrons. The van der Waals surface area contributed by atoms with Crippen LogP contribution in [0.25, 0.3) is 0 Å². The smallest absolute Gasteiger partial charge is 0.276 e. The van der Waals surface area contributed by atoms with Crippen LogP contribution in [0.5, 0.6) is 0 Å². The lowest BCUT2D eigenvalue weighted by atomic mass is 10.3. The van der Waals surface area contributed by atoms with Gasteiger partial charge < -0.3 is 14.4 Å². The second-order valence-corrected chi connectivity index (χ2v) is 9.19. The Morgan fingerprint density at radius 3 is 2.29 bits per heavy atom. The lowest BCUT2D eigenvalue weighted by molar-refractivity contribution is -0.145. The van der Waals surface area contributed by atoms with Crippen LogP contribution in [-0.4, -0.2) is 84.2 Å². The zero-order valence-corrected chi connectivity index (χ0v) is 19.0. The van der Waals surface area contributed by atoms with Crippen molar-refractivity contribution in [1.29, 1.82) is 0 Å². The van der Waals surface area contributed by atoms with Crippen LogP contribution in [0.1, 0.15) is 24.3 Å². The molecule has 0 spiro atoms. The van der Waals surface area contributed by atoms with Crippen molar-refractivity contribution in [2.24, 2.45) is 0 Å². The molecule has 0 saturated carbocycles. The number of amides is 1. The third-order valence-electron chi connectivity index (χ3n) is 4.78. The number of aromatic nitrogens is 3. The van der Waals surface area contributed by atoms with E-state index in [1.54, 1.807) is 23.2 Å². The fraction of sp³-hybridized carbons (Fsp3) is 0.526. The number of ether oxygens (including phenoxy) is 2. The number of hydrogen-bond donors (Lipinski definition) is 0. The Kier molecular flexibility index (Phi) is 8.00. The molecule has 0 unspecified atom stereocenters. The summed E-state index contributed by atoms with van der Waals surface area (Å²) >= 11 is 5.84. The Balaban J connectivity index is 1.59. The molecule has 0 N–H and O–H groups in total. The largest absolute Gasteiger partial charge is 0.351 e. The summed E-state index contributed by atoms with van der Waals surface area (Å²) in [5.41, 5.74) is 0.195. The van der Waals surface area contributed by atoms with Gasteiger partial charge in [-0.1, -0.05) is 16.8 Å². The summed E-state index contributed by atoms with van der Waals surface area (Å²) in [4.78, 5) is 14.5. The molecule has 3 rings (SSSR count). The predicted molar refractivity (Wildman–Crippen MR) is 113 cm³/mol. The van der Waals surface area contributed by atoms with Crippen molar-refractivity contribution >= 4 is 27.5 Å². The molecule has 0 bridgehead atoms. The summed E-state index contributed by atoms with van der Waals surface area (Å²) < 4.78 is 39.4. The van der Waals surface area contributed by atoms with Crippen LogP contribution < -0.4 is 0 Å². The quantitative estimate of drug-likeness (QED) is 0.510. The van der Waals surface area contributed by atoms with Crippen molar-refractivity contribution in [3.05, 3.63) is 41.2 Å². The molecular weight excluding hydrogens is 446 g/mol. The molecular formula is C19H26ClN5O5S. The topological polar surface area (TPSA) is 107 Å². The first-order valence-electron chi connectivity index (χ1n) is 10.0. The summed E-state index contributed by atoms with van der Waals surface area (Å²) in [6.07, 6.45) is 1.07. The Bertz CT molecular complexity index is 968. The number of piperazine rings is 1. The monoisotopic (exact) mass is 471 g/mol. The third kappa shape index (κ3) is 5.80. The highest BCUT2D eigenvalue weighted by Crippen LogP contribution is 2.20. The number of halogens is 1. The van der Waals surface area contributed by atoms with E-state index in [9.17, 15) is 13.2 Å². The van der Waals surface area contributed by atoms with Crippen LogP contribution in [0.4, 0.5) is 0 Å². The van der Waals surface area contributed by atoms with E-state index in [-0.39, 0.29) is 42.7 Å². The van der Waals surface area contributed by atoms with Crippen molar-refractivity contribution in [2.75, 3.05) is 39.4 Å². The van der Waals surface area contributed by atoms with E-state index >= 15 is 0 Å². The van der Waals surface area contributed by atoms with Crippen molar-refractivity contribution in [3.8, 4) is 0 Å². The van der Waals surface area contributed by atoms with E-state index in [4.69, 9.17) is 21.1 Å². The molecule has 31 heavy (non-hydrogen) atoms. The lowest BCUT2D eigenvalue weighted by Crippen LogP contribution is -2.50. The number of hydrogen-bond acceptors (Lipinski definition) is 7. The van der Waals surface area contributed by atoms with E-state index in [0.717, 1.165) is 0 Å². The average Bonchev–Trinajstić information content (AvgIpc) is 3.22. The van der Waals surface area contributed by atoms with Gasteiger partial charge in [0.25, 0.3) is 5.91 Å². The fourth-order valence-corrected chi connectivity index (χ4v) is 4.76. The van der Waals surface area contributed by atoms with Gasteiger partial charge in [-0.25, -0.2) is 13.1 Å². The first kappa shape index (κ1) is 23.6. The normalized spacial score (nSPS) is 15.5. The molecule has 170 valence electrons. The molecule has 1 aliphatic heterocycles. The number of sulfonamides is 1. The Hall–Kier alpha value is -2.05. The molecule has 0 atom stereocenters. The minimum absolute atomic E-state index is 0.178. The maximum atomic E-state index is 12.8. The van der Waals surface area contributed by atoms with Gasteiger partial charge in [0.05, 0.1) is 17.6 Å². The number of benzene rings is 1. The van der Waals surface area contributed by atoms with Gasteiger partial charge in [0.15, 0.2) is 12.0 Å². The zero-order chi connectivity index (χ0) is 22.4. The maximum absolute atomic E-state index is 12.8. The summed E-state index contributed by atoms with van der Waals surface area (Å²) in [5.74, 6) is -0.292. The van der Waals surface area contributed by atoms with Gasteiger partial charge in [0.1, 0.15) is 0 Å². The zero-order valence-electron chi connectivity index (χ0n) is 17.5. The summed E-state index contributed by atoms with van der Waals surface area (Å²) in [7, 11) is -3.64. The van der Waals surface area contributed by atoms with E-state index in [0.29, 0.717) is 24.8 Å². The molecule has 1 aliphatic rings. The van der Waals surface area contributed by atoms with Gasteiger partial charge in [0, 0.05) is 44.4 Å². The number of nitrogens with zero attached hydrogens (tertiary/aromatic N) is 5. The molecule has 0 aliphatic carbocycles. The van der Waals surface area contributed by atoms with Crippen LogP contribution >= 0.6 is 11.6 Å². The van der Waals surface area contributed by atoms with Crippen LogP contribution in [0.3, 0.4) is 0 Å². The van der Waals surface area contributed by atoms with Crippen LogP contribution in [-0.2, 0) is 26.0 Å². The Morgan fingerprint density at radius 1 is 1.10 bits per heavy atom. The minimum Gasteiger partial charge on any atom is -0.351 e. The number of rotatable bonds is 9. The molecule has 1 fully saturated rings. The molecule has 1 amide bonds. The van der Waals surface area contributed by atoms with Gasteiger partial charge in [-0.15, -0.1) is 5.10 Å². The summed E-state index contributed by atoms with van der Waals surface area (Å²) in [5, 5.41) is 8.40.